The number of amides is 1. The summed E-state index contributed by atoms with van der Waals surface area (Å²) in [5, 5.41) is 12.9. The van der Waals surface area contributed by atoms with E-state index < -0.39 is 17.7 Å². The van der Waals surface area contributed by atoms with Gasteiger partial charge in [-0.15, -0.1) is 11.3 Å². The van der Waals surface area contributed by atoms with E-state index in [0.717, 1.165) is 10.4 Å². The predicted octanol–water partition coefficient (Wildman–Crippen LogP) is 3.49. The van der Waals surface area contributed by atoms with Crippen LogP contribution in [-0.4, -0.2) is 33.5 Å². The third kappa shape index (κ3) is 3.02. The maximum Gasteiger partial charge on any atom is 0.295 e. The Labute approximate surface area is 175 Å². The van der Waals surface area contributed by atoms with Crippen molar-refractivity contribution < 1.29 is 24.2 Å². The topological polar surface area (TPSA) is 89.0 Å². The van der Waals surface area contributed by atoms with E-state index in [1.807, 2.05) is 17.5 Å². The van der Waals surface area contributed by atoms with Crippen molar-refractivity contribution in [2.45, 2.75) is 12.6 Å². The minimum absolute atomic E-state index is 0.0652. The summed E-state index contributed by atoms with van der Waals surface area (Å²) in [6, 6.07) is 11.5. The van der Waals surface area contributed by atoms with Gasteiger partial charge in [-0.05, 0) is 47.3 Å². The average molecular weight is 420 g/mol. The number of nitrogens with zero attached hydrogens (tertiary/aromatic N) is 2. The Kier molecular flexibility index (Phi) is 4.48. The molecule has 2 aliphatic rings. The van der Waals surface area contributed by atoms with E-state index >= 15 is 0 Å². The second kappa shape index (κ2) is 7.31. The van der Waals surface area contributed by atoms with Gasteiger partial charge >= 0.3 is 0 Å². The van der Waals surface area contributed by atoms with E-state index in [4.69, 9.17) is 9.47 Å². The number of carbonyl (C=O) groups is 2. The van der Waals surface area contributed by atoms with Crippen molar-refractivity contribution in [2.75, 3.05) is 6.79 Å². The predicted molar refractivity (Wildman–Crippen MR) is 109 cm³/mol. The van der Waals surface area contributed by atoms with Gasteiger partial charge in [-0.2, -0.15) is 0 Å². The second-order valence-electron chi connectivity index (χ2n) is 6.87. The largest absolute Gasteiger partial charge is 0.507 e. The van der Waals surface area contributed by atoms with Crippen molar-refractivity contribution in [3.63, 3.8) is 0 Å². The van der Waals surface area contributed by atoms with Crippen LogP contribution in [0.4, 0.5) is 0 Å². The quantitative estimate of drug-likeness (QED) is 0.395. The lowest BCUT2D eigenvalue weighted by Crippen LogP contribution is -2.28. The zero-order valence-electron chi connectivity index (χ0n) is 15.6. The summed E-state index contributed by atoms with van der Waals surface area (Å²) in [5.74, 6) is -0.537. The van der Waals surface area contributed by atoms with E-state index in [-0.39, 0.29) is 24.7 Å². The second-order valence-corrected chi connectivity index (χ2v) is 7.85. The molecule has 1 fully saturated rings. The Hall–Kier alpha value is -3.65. The molecule has 2 aliphatic heterocycles. The van der Waals surface area contributed by atoms with Crippen molar-refractivity contribution in [1.29, 1.82) is 0 Å². The number of Topliss-reactive ketones (excluding diaryl/α,β-unsaturated/α-hetero) is 1. The van der Waals surface area contributed by atoms with E-state index in [0.29, 0.717) is 17.1 Å². The molecule has 1 atom stereocenters. The summed E-state index contributed by atoms with van der Waals surface area (Å²) in [6.07, 6.45) is 3.28. The highest BCUT2D eigenvalue weighted by molar-refractivity contribution is 7.10. The third-order valence-corrected chi connectivity index (χ3v) is 6.03. The number of aromatic nitrogens is 1. The van der Waals surface area contributed by atoms with Gasteiger partial charge in [-0.25, -0.2) is 0 Å². The molecule has 0 saturated carbocycles. The fraction of sp³-hybridized carbons (Fsp3) is 0.136. The number of rotatable bonds is 4. The number of likely N-dealkylation sites (tertiary alicyclic amines) is 1. The van der Waals surface area contributed by atoms with Gasteiger partial charge in [0.1, 0.15) is 5.76 Å². The van der Waals surface area contributed by atoms with Gasteiger partial charge in [0, 0.05) is 29.4 Å². The van der Waals surface area contributed by atoms with Crippen molar-refractivity contribution >= 4 is 28.8 Å². The first-order valence-corrected chi connectivity index (χ1v) is 10.1. The number of thiophene rings is 1. The van der Waals surface area contributed by atoms with Gasteiger partial charge < -0.3 is 19.5 Å². The normalized spacial score (nSPS) is 19.5. The van der Waals surface area contributed by atoms with Gasteiger partial charge in [0.25, 0.3) is 11.7 Å². The molecular formula is C22H16N2O5S. The molecule has 1 aromatic carbocycles. The molecule has 2 aromatic heterocycles. The molecule has 150 valence electrons. The lowest BCUT2D eigenvalue weighted by molar-refractivity contribution is -0.140. The van der Waals surface area contributed by atoms with Crippen molar-refractivity contribution in [3.05, 3.63) is 81.8 Å². The number of hydrogen-bond donors (Lipinski definition) is 1. The first-order valence-electron chi connectivity index (χ1n) is 9.24. The minimum atomic E-state index is -0.711. The van der Waals surface area contributed by atoms with Gasteiger partial charge in [0.15, 0.2) is 11.5 Å². The van der Waals surface area contributed by atoms with Crippen molar-refractivity contribution in [2.24, 2.45) is 0 Å². The average Bonchev–Trinajstić information content (AvgIpc) is 3.50. The van der Waals surface area contributed by atoms with E-state index in [1.54, 1.807) is 42.7 Å². The Balaban J connectivity index is 1.61. The number of ether oxygens (including phenoxy) is 2. The SMILES string of the molecule is O=C1C(=O)N(Cc2ccncc2)C(c2cccs2)/C1=C(/O)c1ccc2c(c1)OCO2. The van der Waals surface area contributed by atoms with Crippen LogP contribution in [0.25, 0.3) is 5.76 Å². The number of benzene rings is 1. The van der Waals surface area contributed by atoms with Gasteiger partial charge in [-0.3, -0.25) is 14.6 Å². The molecule has 30 heavy (non-hydrogen) atoms. The number of fused-ring (bicyclic) bond motifs is 1. The summed E-state index contributed by atoms with van der Waals surface area (Å²) >= 11 is 1.43. The lowest BCUT2D eigenvalue weighted by Gasteiger charge is -2.24. The van der Waals surface area contributed by atoms with Crippen LogP contribution in [0, 0.1) is 0 Å². The van der Waals surface area contributed by atoms with Crippen molar-refractivity contribution in [1.82, 2.24) is 9.88 Å². The summed E-state index contributed by atoms with van der Waals surface area (Å²) < 4.78 is 10.7. The number of aliphatic hydroxyl groups excluding tert-OH is 1. The van der Waals surface area contributed by atoms with E-state index in [1.165, 1.54) is 16.2 Å². The highest BCUT2D eigenvalue weighted by Crippen LogP contribution is 2.43. The maximum atomic E-state index is 13.0. The molecule has 8 heteroatoms. The van der Waals surface area contributed by atoms with Crippen LogP contribution in [0.3, 0.4) is 0 Å². The van der Waals surface area contributed by atoms with Crippen LogP contribution in [-0.2, 0) is 16.1 Å². The molecule has 5 rings (SSSR count). The fourth-order valence-corrected chi connectivity index (χ4v) is 4.52. The fourth-order valence-electron chi connectivity index (χ4n) is 3.67. The van der Waals surface area contributed by atoms with Crippen LogP contribution >= 0.6 is 11.3 Å². The first-order chi connectivity index (χ1) is 14.6. The summed E-state index contributed by atoms with van der Waals surface area (Å²) in [4.78, 5) is 32.2. The highest BCUT2D eigenvalue weighted by atomic mass is 32.1. The molecule has 0 radical (unpaired) electrons. The van der Waals surface area contributed by atoms with Crippen molar-refractivity contribution in [3.8, 4) is 11.5 Å². The third-order valence-electron chi connectivity index (χ3n) is 5.10. The summed E-state index contributed by atoms with van der Waals surface area (Å²) in [7, 11) is 0. The molecule has 0 aliphatic carbocycles. The smallest absolute Gasteiger partial charge is 0.295 e. The number of aliphatic hydroxyl groups is 1. The van der Waals surface area contributed by atoms with Crippen LogP contribution < -0.4 is 9.47 Å². The molecule has 1 amide bonds. The molecule has 3 aromatic rings. The van der Waals surface area contributed by atoms with Gasteiger partial charge in [0.05, 0.1) is 11.6 Å². The first kappa shape index (κ1) is 18.4. The molecular weight excluding hydrogens is 404 g/mol. The highest BCUT2D eigenvalue weighted by Gasteiger charge is 2.46. The monoisotopic (exact) mass is 420 g/mol. The van der Waals surface area contributed by atoms with Crippen LogP contribution in [0.15, 0.2) is 65.8 Å². The van der Waals surface area contributed by atoms with Crippen LogP contribution in [0.2, 0.25) is 0 Å². The molecule has 1 saturated heterocycles. The van der Waals surface area contributed by atoms with E-state index in [2.05, 4.69) is 4.98 Å². The molecule has 4 heterocycles. The molecule has 7 nitrogen and oxygen atoms in total. The van der Waals surface area contributed by atoms with Crippen LogP contribution in [0.1, 0.15) is 22.0 Å². The molecule has 0 spiro atoms. The Bertz CT molecular complexity index is 1160. The summed E-state index contributed by atoms with van der Waals surface area (Å²) in [5.41, 5.74) is 1.30. The van der Waals surface area contributed by atoms with Crippen LogP contribution in [0.5, 0.6) is 11.5 Å². The zero-order valence-corrected chi connectivity index (χ0v) is 16.5. The number of ketones is 1. The molecule has 1 N–H and O–H groups in total. The van der Waals surface area contributed by atoms with Gasteiger partial charge in [0.2, 0.25) is 6.79 Å². The van der Waals surface area contributed by atoms with E-state index in [9.17, 15) is 14.7 Å². The zero-order chi connectivity index (χ0) is 20.7. The Morgan fingerprint density at radius 3 is 2.70 bits per heavy atom. The lowest BCUT2D eigenvalue weighted by atomic mass is 9.99. The molecule has 1 unspecified atom stereocenters. The standard InChI is InChI=1S/C22H16N2O5S/c25-20(14-3-4-15-16(10-14)29-12-28-15)18-19(17-2-1-9-30-17)24(22(27)21(18)26)11-13-5-7-23-8-6-13/h1-10,19,25H,11-12H2/b20-18-. The number of hydrogen-bond acceptors (Lipinski definition) is 7. The Morgan fingerprint density at radius 1 is 1.13 bits per heavy atom. The summed E-state index contributed by atoms with van der Waals surface area (Å²) in [6.45, 7) is 0.332. The number of carbonyl (C=O) groups excluding carboxylic acids is 2. The molecule has 0 bridgehead atoms. The Morgan fingerprint density at radius 2 is 1.93 bits per heavy atom. The number of pyridine rings is 1. The van der Waals surface area contributed by atoms with Gasteiger partial charge in [-0.1, -0.05) is 6.07 Å². The minimum Gasteiger partial charge on any atom is -0.507 e. The maximum absolute atomic E-state index is 13.0.